The van der Waals surface area contributed by atoms with Crippen LogP contribution in [0.15, 0.2) is 35.4 Å². The summed E-state index contributed by atoms with van der Waals surface area (Å²) in [5.74, 6) is 0.106. The summed E-state index contributed by atoms with van der Waals surface area (Å²) < 4.78 is 0. The van der Waals surface area contributed by atoms with E-state index >= 15 is 0 Å². The van der Waals surface area contributed by atoms with Gasteiger partial charge < -0.3 is 0 Å². The first-order chi connectivity index (χ1) is 11.9. The molecule has 2 aromatic rings. The number of thiazole rings is 1. The van der Waals surface area contributed by atoms with Gasteiger partial charge in [-0.05, 0) is 46.1 Å². The maximum Gasteiger partial charge on any atom is 0.243 e. The highest BCUT2D eigenvalue weighted by atomic mass is 32.1. The van der Waals surface area contributed by atoms with E-state index in [0.29, 0.717) is 6.42 Å². The van der Waals surface area contributed by atoms with Crippen LogP contribution >= 0.6 is 11.3 Å². The molecule has 0 spiro atoms. The van der Waals surface area contributed by atoms with E-state index in [-0.39, 0.29) is 11.4 Å². The Morgan fingerprint density at radius 1 is 1.24 bits per heavy atom. The molecule has 1 amide bonds. The van der Waals surface area contributed by atoms with Gasteiger partial charge >= 0.3 is 0 Å². The van der Waals surface area contributed by atoms with Gasteiger partial charge in [-0.3, -0.25) is 4.79 Å². The van der Waals surface area contributed by atoms with Crippen molar-refractivity contribution in [1.29, 1.82) is 0 Å². The summed E-state index contributed by atoms with van der Waals surface area (Å²) in [4.78, 5) is 18.3. The third-order valence-electron chi connectivity index (χ3n) is 4.49. The molecule has 5 heteroatoms. The van der Waals surface area contributed by atoms with Crippen LogP contribution in [0.4, 0.5) is 0 Å². The van der Waals surface area contributed by atoms with E-state index in [4.69, 9.17) is 0 Å². The van der Waals surface area contributed by atoms with Crippen molar-refractivity contribution in [3.05, 3.63) is 51.5 Å². The minimum Gasteiger partial charge on any atom is -0.273 e. The molecule has 3 rings (SSSR count). The van der Waals surface area contributed by atoms with E-state index < -0.39 is 0 Å². The monoisotopic (exact) mass is 355 g/mol. The molecule has 0 saturated carbocycles. The lowest BCUT2D eigenvalue weighted by Gasteiger charge is -2.28. The van der Waals surface area contributed by atoms with Crippen molar-refractivity contribution in [3.8, 4) is 0 Å². The number of carbonyl (C=O) groups excluding carboxylic acids is 1. The van der Waals surface area contributed by atoms with Gasteiger partial charge in [-0.25, -0.2) is 9.99 Å². The number of carbonyl (C=O) groups is 1. The number of hydrogen-bond acceptors (Lipinski definition) is 4. The van der Waals surface area contributed by atoms with Crippen molar-refractivity contribution in [2.45, 2.75) is 58.9 Å². The number of nitrogens with zero attached hydrogens (tertiary/aromatic N) is 3. The van der Waals surface area contributed by atoms with Gasteiger partial charge in [0.05, 0.1) is 26.8 Å². The predicted octanol–water partition coefficient (Wildman–Crippen LogP) is 4.50. The Bertz CT molecular complexity index is 793. The summed E-state index contributed by atoms with van der Waals surface area (Å²) in [6.45, 7) is 8.19. The van der Waals surface area contributed by atoms with Gasteiger partial charge in [0.2, 0.25) is 5.91 Å². The number of hydrogen-bond donors (Lipinski definition) is 0. The molecule has 0 unspecified atom stereocenters. The van der Waals surface area contributed by atoms with Crippen LogP contribution in [-0.4, -0.2) is 27.2 Å². The van der Waals surface area contributed by atoms with Crippen LogP contribution in [-0.2, 0) is 11.2 Å². The quantitative estimate of drug-likeness (QED) is 0.793. The van der Waals surface area contributed by atoms with E-state index in [0.717, 1.165) is 40.6 Å². The lowest BCUT2D eigenvalue weighted by molar-refractivity contribution is -0.135. The highest BCUT2D eigenvalue weighted by Crippen LogP contribution is 2.33. The van der Waals surface area contributed by atoms with Crippen molar-refractivity contribution in [2.24, 2.45) is 5.10 Å². The van der Waals surface area contributed by atoms with Crippen LogP contribution in [0.25, 0.3) is 0 Å². The molecule has 0 saturated heterocycles. The molecular formula is C20H25N3OS. The van der Waals surface area contributed by atoms with E-state index in [2.05, 4.69) is 36.1 Å². The maximum atomic E-state index is 12.7. The molecule has 1 aromatic carbocycles. The second kappa shape index (κ2) is 7.08. The van der Waals surface area contributed by atoms with Crippen LogP contribution in [0.1, 0.15) is 54.3 Å². The molecule has 4 nitrogen and oxygen atoms in total. The number of aromatic nitrogens is 1. The third-order valence-corrected chi connectivity index (χ3v) is 5.62. The fourth-order valence-corrected chi connectivity index (χ4v) is 4.19. The third kappa shape index (κ3) is 3.98. The lowest BCUT2D eigenvalue weighted by atomic mass is 9.97. The average Bonchev–Trinajstić information content (AvgIpc) is 3.06. The number of hydrazone groups is 1. The Balaban J connectivity index is 1.67. The molecule has 132 valence electrons. The molecule has 0 radical (unpaired) electrons. The molecule has 1 aromatic heterocycles. The zero-order chi connectivity index (χ0) is 18.0. The maximum absolute atomic E-state index is 12.7. The van der Waals surface area contributed by atoms with Gasteiger partial charge in [-0.2, -0.15) is 5.10 Å². The topological polar surface area (TPSA) is 45.6 Å². The van der Waals surface area contributed by atoms with Crippen LogP contribution in [0, 0.1) is 13.8 Å². The van der Waals surface area contributed by atoms with Crippen LogP contribution in [0.3, 0.4) is 0 Å². The van der Waals surface area contributed by atoms with Gasteiger partial charge in [-0.1, -0.05) is 30.3 Å². The Hall–Kier alpha value is -2.01. The number of aryl methyl sites for hydroxylation is 3. The minimum absolute atomic E-state index is 0.106. The van der Waals surface area contributed by atoms with E-state index in [1.54, 1.807) is 16.3 Å². The fraction of sp³-hybridized carbons (Fsp3) is 0.450. The molecule has 2 heterocycles. The molecule has 0 fully saturated rings. The van der Waals surface area contributed by atoms with E-state index in [9.17, 15) is 4.79 Å². The highest BCUT2D eigenvalue weighted by molar-refractivity contribution is 7.13. The molecule has 0 aliphatic carbocycles. The molecule has 1 aliphatic rings. The molecular weight excluding hydrogens is 330 g/mol. The van der Waals surface area contributed by atoms with E-state index in [1.165, 1.54) is 5.56 Å². The first-order valence-corrected chi connectivity index (χ1v) is 9.57. The predicted molar refractivity (Wildman–Crippen MR) is 103 cm³/mol. The standard InChI is InChI=1S/C20H25N3OS/c1-14-19(25-15(2)21-14)17-13-20(3,4)23(22-17)18(24)12-8-11-16-9-6-5-7-10-16/h5-7,9-10H,8,11-13H2,1-4H3. The summed E-state index contributed by atoms with van der Waals surface area (Å²) in [6.07, 6.45) is 3.07. The second-order valence-corrected chi connectivity index (χ2v) is 8.43. The van der Waals surface area contributed by atoms with Crippen LogP contribution in [0.2, 0.25) is 0 Å². The summed E-state index contributed by atoms with van der Waals surface area (Å²) in [6, 6.07) is 10.3. The lowest BCUT2D eigenvalue weighted by Crippen LogP contribution is -2.40. The molecule has 1 aliphatic heterocycles. The first kappa shape index (κ1) is 17.8. The first-order valence-electron chi connectivity index (χ1n) is 8.76. The summed E-state index contributed by atoms with van der Waals surface area (Å²) in [5, 5.41) is 7.42. The van der Waals surface area contributed by atoms with Gasteiger partial charge in [0, 0.05) is 12.8 Å². The van der Waals surface area contributed by atoms with E-state index in [1.807, 2.05) is 32.0 Å². The zero-order valence-corrected chi connectivity index (χ0v) is 16.2. The molecule has 0 atom stereocenters. The number of benzene rings is 1. The smallest absolute Gasteiger partial charge is 0.243 e. The normalized spacial score (nSPS) is 16.2. The summed E-state index contributed by atoms with van der Waals surface area (Å²) in [7, 11) is 0. The van der Waals surface area contributed by atoms with Gasteiger partial charge in [0.15, 0.2) is 0 Å². The Morgan fingerprint density at radius 3 is 2.60 bits per heavy atom. The Morgan fingerprint density at radius 2 is 1.96 bits per heavy atom. The second-order valence-electron chi connectivity index (χ2n) is 7.23. The van der Waals surface area contributed by atoms with Crippen molar-refractivity contribution < 1.29 is 4.79 Å². The SMILES string of the molecule is Cc1nc(C)c(C2=NN(C(=O)CCCc3ccccc3)C(C)(C)C2)s1. The van der Waals surface area contributed by atoms with Crippen molar-refractivity contribution >= 4 is 23.0 Å². The van der Waals surface area contributed by atoms with Gasteiger partial charge in [0.1, 0.15) is 0 Å². The number of amides is 1. The summed E-state index contributed by atoms with van der Waals surface area (Å²) >= 11 is 1.66. The summed E-state index contributed by atoms with van der Waals surface area (Å²) in [5.41, 5.74) is 3.00. The van der Waals surface area contributed by atoms with Crippen LogP contribution in [0.5, 0.6) is 0 Å². The number of rotatable bonds is 5. The largest absolute Gasteiger partial charge is 0.273 e. The van der Waals surface area contributed by atoms with Crippen molar-refractivity contribution in [2.75, 3.05) is 0 Å². The fourth-order valence-electron chi connectivity index (χ4n) is 3.29. The molecule has 0 bridgehead atoms. The zero-order valence-electron chi connectivity index (χ0n) is 15.4. The van der Waals surface area contributed by atoms with Crippen LogP contribution < -0.4 is 0 Å². The van der Waals surface area contributed by atoms with Gasteiger partial charge in [0.25, 0.3) is 0 Å². The van der Waals surface area contributed by atoms with Gasteiger partial charge in [-0.15, -0.1) is 11.3 Å². The van der Waals surface area contributed by atoms with Crippen molar-refractivity contribution in [3.63, 3.8) is 0 Å². The molecule has 25 heavy (non-hydrogen) atoms. The molecule has 0 N–H and O–H groups in total. The minimum atomic E-state index is -0.274. The Labute approximate surface area is 153 Å². The Kier molecular flexibility index (Phi) is 5.04. The average molecular weight is 356 g/mol. The highest BCUT2D eigenvalue weighted by Gasteiger charge is 2.39. The van der Waals surface area contributed by atoms with Crippen molar-refractivity contribution in [1.82, 2.24) is 9.99 Å².